The largest absolute Gasteiger partial charge is 0.352 e. The molecule has 1 heterocycles. The summed E-state index contributed by atoms with van der Waals surface area (Å²) in [5.74, 6) is 0. The van der Waals surface area contributed by atoms with Crippen molar-refractivity contribution in [3.8, 4) is 0 Å². The second kappa shape index (κ2) is 6.00. The Morgan fingerprint density at radius 1 is 1.50 bits per heavy atom. The number of carbonyl (C=O) groups excluding carboxylic acids is 1. The zero-order chi connectivity index (χ0) is 10.4. The number of rotatable bonds is 5. The number of urea groups is 1. The number of nitrogens with one attached hydrogen (secondary N) is 2. The third-order valence-electron chi connectivity index (χ3n) is 1.53. The maximum absolute atomic E-state index is 10.3. The predicted octanol–water partition coefficient (Wildman–Crippen LogP) is 1.27. The highest BCUT2D eigenvalue weighted by Crippen LogP contribution is 2.21. The van der Waals surface area contributed by atoms with Crippen LogP contribution in [0, 0.1) is 0 Å². The molecule has 78 valence electrons. The number of nitrogens with two attached hydrogens (primary N) is 1. The lowest BCUT2D eigenvalue weighted by Gasteiger charge is -2.02. The molecule has 2 amide bonds. The topological polar surface area (TPSA) is 67.2 Å². The van der Waals surface area contributed by atoms with E-state index in [1.807, 2.05) is 6.07 Å². The molecule has 0 fully saturated rings. The zero-order valence-corrected chi connectivity index (χ0v) is 9.95. The lowest BCUT2D eigenvalue weighted by molar-refractivity contribution is 0.249. The number of thiophene rings is 1. The van der Waals surface area contributed by atoms with Gasteiger partial charge in [0.2, 0.25) is 0 Å². The number of hydrogen-bond donors (Lipinski definition) is 3. The van der Waals surface area contributed by atoms with Crippen LogP contribution in [0.25, 0.3) is 0 Å². The minimum atomic E-state index is -0.481. The molecule has 4 N–H and O–H groups in total. The van der Waals surface area contributed by atoms with Crippen LogP contribution in [0.15, 0.2) is 15.9 Å². The second-order valence-electron chi connectivity index (χ2n) is 2.67. The monoisotopic (exact) mass is 277 g/mol. The van der Waals surface area contributed by atoms with Crippen LogP contribution >= 0.6 is 27.3 Å². The molecule has 0 spiro atoms. The van der Waals surface area contributed by atoms with Gasteiger partial charge < -0.3 is 16.4 Å². The summed E-state index contributed by atoms with van der Waals surface area (Å²) < 4.78 is 1.13. The highest BCUT2D eigenvalue weighted by molar-refractivity contribution is 9.11. The summed E-state index contributed by atoms with van der Waals surface area (Å²) in [7, 11) is 0. The van der Waals surface area contributed by atoms with E-state index in [4.69, 9.17) is 5.73 Å². The van der Waals surface area contributed by atoms with Gasteiger partial charge in [-0.25, -0.2) is 4.79 Å². The van der Waals surface area contributed by atoms with E-state index >= 15 is 0 Å². The lowest BCUT2D eigenvalue weighted by Crippen LogP contribution is -2.35. The first-order valence-corrected chi connectivity index (χ1v) is 5.77. The summed E-state index contributed by atoms with van der Waals surface area (Å²) in [6, 6.07) is 3.60. The Morgan fingerprint density at radius 2 is 2.29 bits per heavy atom. The smallest absolute Gasteiger partial charge is 0.312 e. The summed E-state index contributed by atoms with van der Waals surface area (Å²) >= 11 is 5.09. The highest BCUT2D eigenvalue weighted by Gasteiger charge is 1.96. The molecule has 4 nitrogen and oxygen atoms in total. The molecule has 0 aliphatic carbocycles. The van der Waals surface area contributed by atoms with Gasteiger partial charge in [-0.05, 0) is 28.1 Å². The first kappa shape index (κ1) is 11.5. The summed E-state index contributed by atoms with van der Waals surface area (Å²) in [4.78, 5) is 11.6. The van der Waals surface area contributed by atoms with Gasteiger partial charge in [0.25, 0.3) is 0 Å². The predicted molar refractivity (Wildman–Crippen MR) is 61.3 cm³/mol. The van der Waals surface area contributed by atoms with Gasteiger partial charge in [-0.15, -0.1) is 11.3 Å². The van der Waals surface area contributed by atoms with Crippen molar-refractivity contribution in [3.05, 3.63) is 20.8 Å². The molecule has 1 aromatic heterocycles. The van der Waals surface area contributed by atoms with Gasteiger partial charge in [-0.2, -0.15) is 0 Å². The molecule has 6 heteroatoms. The summed E-state index contributed by atoms with van der Waals surface area (Å²) in [5, 5.41) is 5.70. The Kier molecular flexibility index (Phi) is 4.92. The van der Waals surface area contributed by atoms with Gasteiger partial charge in [0.1, 0.15) is 0 Å². The first-order valence-electron chi connectivity index (χ1n) is 4.16. The Bertz CT molecular complexity index is 303. The minimum Gasteiger partial charge on any atom is -0.352 e. The Balaban J connectivity index is 2.07. The fourth-order valence-electron chi connectivity index (χ4n) is 0.932. The van der Waals surface area contributed by atoms with Gasteiger partial charge >= 0.3 is 6.03 Å². The average molecular weight is 278 g/mol. The van der Waals surface area contributed by atoms with E-state index in [2.05, 4.69) is 32.6 Å². The van der Waals surface area contributed by atoms with Crippen molar-refractivity contribution >= 4 is 33.3 Å². The molecule has 0 saturated carbocycles. The molecule has 0 unspecified atom stereocenters. The van der Waals surface area contributed by atoms with Gasteiger partial charge in [-0.3, -0.25) is 0 Å². The van der Waals surface area contributed by atoms with Crippen LogP contribution in [0.5, 0.6) is 0 Å². The Morgan fingerprint density at radius 3 is 2.86 bits per heavy atom. The number of hydrogen-bond acceptors (Lipinski definition) is 3. The number of amides is 2. The van der Waals surface area contributed by atoms with Crippen molar-refractivity contribution in [3.63, 3.8) is 0 Å². The molecule has 0 aromatic carbocycles. The molecule has 14 heavy (non-hydrogen) atoms. The minimum absolute atomic E-state index is 0.481. The van der Waals surface area contributed by atoms with Crippen molar-refractivity contribution in [2.24, 2.45) is 5.73 Å². The molecule has 0 radical (unpaired) electrons. The fourth-order valence-corrected chi connectivity index (χ4v) is 2.39. The summed E-state index contributed by atoms with van der Waals surface area (Å²) in [6.45, 7) is 2.09. The van der Waals surface area contributed by atoms with Crippen molar-refractivity contribution in [2.75, 3.05) is 13.1 Å². The molecule has 0 bridgehead atoms. The fraction of sp³-hybridized carbons (Fsp3) is 0.375. The summed E-state index contributed by atoms with van der Waals surface area (Å²) in [6.07, 6.45) is 0. The second-order valence-corrected chi connectivity index (χ2v) is 5.22. The van der Waals surface area contributed by atoms with Crippen LogP contribution in [0.1, 0.15) is 4.88 Å². The standard InChI is InChI=1S/C8H12BrN3OS/c9-7-2-1-6(14-7)5-11-3-4-12-8(10)13/h1-2,11H,3-5H2,(H3,10,12,13). The molecule has 1 rings (SSSR count). The van der Waals surface area contributed by atoms with Crippen molar-refractivity contribution in [2.45, 2.75) is 6.54 Å². The number of halogens is 1. The van der Waals surface area contributed by atoms with E-state index in [0.717, 1.165) is 16.9 Å². The van der Waals surface area contributed by atoms with Crippen LogP contribution < -0.4 is 16.4 Å². The third-order valence-corrected chi connectivity index (χ3v) is 3.15. The SMILES string of the molecule is NC(=O)NCCNCc1ccc(Br)s1. The normalized spacial score (nSPS) is 10.1. The lowest BCUT2D eigenvalue weighted by atomic mass is 10.4. The van der Waals surface area contributed by atoms with Crippen molar-refractivity contribution in [1.82, 2.24) is 10.6 Å². The van der Waals surface area contributed by atoms with Crippen LogP contribution in [0.2, 0.25) is 0 Å². The maximum atomic E-state index is 10.3. The van der Waals surface area contributed by atoms with E-state index in [-0.39, 0.29) is 0 Å². The molecule has 0 aliphatic rings. The molecular formula is C8H12BrN3OS. The van der Waals surface area contributed by atoms with E-state index in [1.54, 1.807) is 11.3 Å². The molecular weight excluding hydrogens is 266 g/mol. The average Bonchev–Trinajstić information content (AvgIpc) is 2.50. The highest BCUT2D eigenvalue weighted by atomic mass is 79.9. The molecule has 0 atom stereocenters. The maximum Gasteiger partial charge on any atom is 0.312 e. The van der Waals surface area contributed by atoms with Gasteiger partial charge in [-0.1, -0.05) is 0 Å². The van der Waals surface area contributed by atoms with Crippen molar-refractivity contribution in [1.29, 1.82) is 0 Å². The third kappa shape index (κ3) is 4.59. The molecule has 0 aliphatic heterocycles. The van der Waals surface area contributed by atoms with E-state index in [9.17, 15) is 4.79 Å². The Hall–Kier alpha value is -0.590. The van der Waals surface area contributed by atoms with Gasteiger partial charge in [0, 0.05) is 24.5 Å². The number of primary amides is 1. The van der Waals surface area contributed by atoms with Crippen molar-refractivity contribution < 1.29 is 4.79 Å². The van der Waals surface area contributed by atoms with Crippen LogP contribution in [-0.2, 0) is 6.54 Å². The number of carbonyl (C=O) groups is 1. The Labute approximate surface area is 95.0 Å². The van der Waals surface area contributed by atoms with Gasteiger partial charge in [0.15, 0.2) is 0 Å². The van der Waals surface area contributed by atoms with Crippen LogP contribution in [0.3, 0.4) is 0 Å². The quantitative estimate of drug-likeness (QED) is 0.710. The van der Waals surface area contributed by atoms with Crippen LogP contribution in [0.4, 0.5) is 4.79 Å². The van der Waals surface area contributed by atoms with E-state index < -0.39 is 6.03 Å². The van der Waals surface area contributed by atoms with Crippen LogP contribution in [-0.4, -0.2) is 19.1 Å². The molecule has 1 aromatic rings. The van der Waals surface area contributed by atoms with E-state index in [0.29, 0.717) is 6.54 Å². The molecule has 0 saturated heterocycles. The first-order chi connectivity index (χ1) is 6.68. The zero-order valence-electron chi connectivity index (χ0n) is 7.55. The van der Waals surface area contributed by atoms with E-state index in [1.165, 1.54) is 4.88 Å². The van der Waals surface area contributed by atoms with Gasteiger partial charge in [0.05, 0.1) is 3.79 Å². The summed E-state index contributed by atoms with van der Waals surface area (Å²) in [5.41, 5.74) is 4.91.